The number of hydrogen-bond donors (Lipinski definition) is 0. The summed E-state index contributed by atoms with van der Waals surface area (Å²) >= 11 is 0. The third kappa shape index (κ3) is 5.20. The number of aromatic nitrogens is 1. The zero-order valence-electron chi connectivity index (χ0n) is 19.0. The molecule has 3 heterocycles. The SMILES string of the molecule is O=C1OC2(CCCN(Cc3cccc(OCc4ccccn4)c3)CC2)CN1c1ccc(F)cc1. The molecule has 2 saturated heterocycles. The van der Waals surface area contributed by atoms with Crippen molar-refractivity contribution in [3.05, 3.63) is 90.0 Å². The largest absolute Gasteiger partial charge is 0.487 e. The molecule has 2 fully saturated rings. The van der Waals surface area contributed by atoms with Crippen LogP contribution in [0.4, 0.5) is 14.9 Å². The Hall–Kier alpha value is -3.45. The van der Waals surface area contributed by atoms with Gasteiger partial charge in [-0.2, -0.15) is 0 Å². The number of pyridine rings is 1. The van der Waals surface area contributed by atoms with Crippen LogP contribution in [0.5, 0.6) is 5.75 Å². The maximum absolute atomic E-state index is 13.3. The van der Waals surface area contributed by atoms with Crippen molar-refractivity contribution in [2.75, 3.05) is 24.5 Å². The number of halogens is 1. The molecule has 0 aliphatic carbocycles. The standard InChI is InChI=1S/C27H28FN3O3/c28-22-8-10-24(11-9-22)31-20-27(34-26(31)32)12-4-15-30(16-13-27)18-21-5-3-7-25(17-21)33-19-23-6-1-2-14-29-23/h1-3,5-11,14,17H,4,12-13,15-16,18-20H2. The number of rotatable bonds is 6. The van der Waals surface area contributed by atoms with Gasteiger partial charge in [-0.15, -0.1) is 0 Å². The summed E-state index contributed by atoms with van der Waals surface area (Å²) in [4.78, 5) is 20.9. The first-order valence-corrected chi connectivity index (χ1v) is 11.7. The Morgan fingerprint density at radius 1 is 1.03 bits per heavy atom. The predicted octanol–water partition coefficient (Wildman–Crippen LogP) is 5.18. The number of likely N-dealkylation sites (tertiary alicyclic amines) is 1. The van der Waals surface area contributed by atoms with Crippen molar-refractivity contribution >= 4 is 11.8 Å². The van der Waals surface area contributed by atoms with Crippen LogP contribution < -0.4 is 9.64 Å². The number of amides is 1. The van der Waals surface area contributed by atoms with Gasteiger partial charge >= 0.3 is 6.09 Å². The molecule has 1 amide bonds. The summed E-state index contributed by atoms with van der Waals surface area (Å²) in [5, 5.41) is 0. The topological polar surface area (TPSA) is 54.9 Å². The van der Waals surface area contributed by atoms with Gasteiger partial charge in [0, 0.05) is 31.4 Å². The second-order valence-corrected chi connectivity index (χ2v) is 9.00. The van der Waals surface area contributed by atoms with E-state index in [1.54, 1.807) is 23.2 Å². The molecular weight excluding hydrogens is 433 g/mol. The number of ether oxygens (including phenoxy) is 2. The molecule has 5 rings (SSSR count). The Morgan fingerprint density at radius 3 is 2.74 bits per heavy atom. The number of carbonyl (C=O) groups is 1. The molecule has 2 aromatic carbocycles. The van der Waals surface area contributed by atoms with Crippen molar-refractivity contribution in [2.45, 2.75) is 38.0 Å². The molecule has 0 saturated carbocycles. The van der Waals surface area contributed by atoms with Gasteiger partial charge in [0.2, 0.25) is 0 Å². The molecule has 34 heavy (non-hydrogen) atoms. The smallest absolute Gasteiger partial charge is 0.415 e. The van der Waals surface area contributed by atoms with Crippen molar-refractivity contribution in [2.24, 2.45) is 0 Å². The highest BCUT2D eigenvalue weighted by Gasteiger charge is 2.46. The van der Waals surface area contributed by atoms with Crippen molar-refractivity contribution in [3.63, 3.8) is 0 Å². The summed E-state index contributed by atoms with van der Waals surface area (Å²) in [6, 6.07) is 20.0. The second-order valence-electron chi connectivity index (χ2n) is 9.00. The molecule has 6 nitrogen and oxygen atoms in total. The van der Waals surface area contributed by atoms with Gasteiger partial charge in [0.15, 0.2) is 0 Å². The van der Waals surface area contributed by atoms with Gasteiger partial charge in [0.25, 0.3) is 0 Å². The molecular formula is C27H28FN3O3. The summed E-state index contributed by atoms with van der Waals surface area (Å²) in [6.45, 7) is 3.53. The highest BCUT2D eigenvalue weighted by molar-refractivity contribution is 5.90. The van der Waals surface area contributed by atoms with Crippen LogP contribution in [0, 0.1) is 5.82 Å². The average molecular weight is 462 g/mol. The molecule has 176 valence electrons. The molecule has 7 heteroatoms. The number of benzene rings is 2. The lowest BCUT2D eigenvalue weighted by molar-refractivity contribution is 0.0443. The second kappa shape index (κ2) is 9.81. The average Bonchev–Trinajstić information content (AvgIpc) is 3.06. The third-order valence-electron chi connectivity index (χ3n) is 6.52. The lowest BCUT2D eigenvalue weighted by Crippen LogP contribution is -2.36. The normalized spacial score (nSPS) is 20.9. The number of nitrogens with zero attached hydrogens (tertiary/aromatic N) is 3. The fraction of sp³-hybridized carbons (Fsp3) is 0.333. The first-order valence-electron chi connectivity index (χ1n) is 11.7. The minimum absolute atomic E-state index is 0.317. The van der Waals surface area contributed by atoms with Crippen LogP contribution in [0.3, 0.4) is 0 Å². The van der Waals surface area contributed by atoms with E-state index in [4.69, 9.17) is 9.47 Å². The van der Waals surface area contributed by atoms with E-state index in [-0.39, 0.29) is 11.9 Å². The molecule has 2 aliphatic rings. The van der Waals surface area contributed by atoms with E-state index in [0.717, 1.165) is 50.3 Å². The first kappa shape index (κ1) is 22.3. The molecule has 0 radical (unpaired) electrons. The van der Waals surface area contributed by atoms with Gasteiger partial charge in [-0.05, 0) is 73.5 Å². The molecule has 3 aromatic rings. The van der Waals surface area contributed by atoms with Crippen LogP contribution in [0.2, 0.25) is 0 Å². The van der Waals surface area contributed by atoms with E-state index >= 15 is 0 Å². The molecule has 2 aliphatic heterocycles. The molecule has 0 bridgehead atoms. The van der Waals surface area contributed by atoms with Crippen molar-refractivity contribution < 1.29 is 18.7 Å². The number of hydrogen-bond acceptors (Lipinski definition) is 5. The van der Waals surface area contributed by atoms with Crippen LogP contribution in [-0.2, 0) is 17.9 Å². The zero-order valence-corrected chi connectivity index (χ0v) is 19.0. The summed E-state index contributed by atoms with van der Waals surface area (Å²) in [7, 11) is 0. The van der Waals surface area contributed by atoms with Crippen molar-refractivity contribution in [1.29, 1.82) is 0 Å². The zero-order chi connectivity index (χ0) is 23.4. The fourth-order valence-corrected chi connectivity index (χ4v) is 4.72. The summed E-state index contributed by atoms with van der Waals surface area (Å²) in [5.41, 5.74) is 2.26. The van der Waals surface area contributed by atoms with E-state index in [9.17, 15) is 9.18 Å². The van der Waals surface area contributed by atoms with E-state index < -0.39 is 5.60 Å². The summed E-state index contributed by atoms with van der Waals surface area (Å²) in [6.07, 6.45) is 3.95. The monoisotopic (exact) mass is 461 g/mol. The first-order chi connectivity index (χ1) is 16.6. The molecule has 1 unspecified atom stereocenters. The molecule has 1 atom stereocenters. The lowest BCUT2D eigenvalue weighted by Gasteiger charge is -2.25. The minimum Gasteiger partial charge on any atom is -0.487 e. The van der Waals surface area contributed by atoms with Crippen molar-refractivity contribution in [1.82, 2.24) is 9.88 Å². The Kier molecular flexibility index (Phi) is 6.45. The Bertz CT molecular complexity index is 1130. The third-order valence-corrected chi connectivity index (χ3v) is 6.52. The maximum Gasteiger partial charge on any atom is 0.415 e. The predicted molar refractivity (Wildman–Crippen MR) is 127 cm³/mol. The van der Waals surface area contributed by atoms with Crippen LogP contribution >= 0.6 is 0 Å². The van der Waals surface area contributed by atoms with E-state index in [2.05, 4.69) is 22.0 Å². The van der Waals surface area contributed by atoms with Gasteiger partial charge in [-0.25, -0.2) is 9.18 Å². The van der Waals surface area contributed by atoms with Crippen LogP contribution in [0.25, 0.3) is 0 Å². The van der Waals surface area contributed by atoms with E-state index in [1.165, 1.54) is 17.7 Å². The van der Waals surface area contributed by atoms with E-state index in [1.807, 2.05) is 30.3 Å². The van der Waals surface area contributed by atoms with Gasteiger partial charge in [0.1, 0.15) is 23.8 Å². The van der Waals surface area contributed by atoms with Crippen LogP contribution in [0.1, 0.15) is 30.5 Å². The Labute approximate surface area is 198 Å². The van der Waals surface area contributed by atoms with E-state index in [0.29, 0.717) is 18.8 Å². The fourth-order valence-electron chi connectivity index (χ4n) is 4.72. The molecule has 1 spiro atoms. The summed E-state index contributed by atoms with van der Waals surface area (Å²) in [5.74, 6) is 0.511. The Morgan fingerprint density at radius 2 is 1.91 bits per heavy atom. The number of anilines is 1. The van der Waals surface area contributed by atoms with Gasteiger partial charge < -0.3 is 9.47 Å². The quantitative estimate of drug-likeness (QED) is 0.506. The highest BCUT2D eigenvalue weighted by Crippen LogP contribution is 2.36. The van der Waals surface area contributed by atoms with Gasteiger partial charge in [-0.3, -0.25) is 14.8 Å². The number of carbonyl (C=O) groups excluding carboxylic acids is 1. The minimum atomic E-state index is -0.492. The van der Waals surface area contributed by atoms with Gasteiger partial charge in [0.05, 0.1) is 12.2 Å². The van der Waals surface area contributed by atoms with Gasteiger partial charge in [-0.1, -0.05) is 18.2 Å². The summed E-state index contributed by atoms with van der Waals surface area (Å²) < 4.78 is 25.1. The lowest BCUT2D eigenvalue weighted by atomic mass is 9.95. The highest BCUT2D eigenvalue weighted by atomic mass is 19.1. The maximum atomic E-state index is 13.3. The molecule has 0 N–H and O–H groups in total. The van der Waals surface area contributed by atoms with Crippen molar-refractivity contribution in [3.8, 4) is 5.75 Å². The van der Waals surface area contributed by atoms with Crippen LogP contribution in [0.15, 0.2) is 72.9 Å². The van der Waals surface area contributed by atoms with Crippen LogP contribution in [-0.4, -0.2) is 41.2 Å². The Balaban J connectivity index is 1.18. The molecule has 1 aromatic heterocycles.